The van der Waals surface area contributed by atoms with E-state index >= 15 is 0 Å². The van der Waals surface area contributed by atoms with Crippen LogP contribution in [0.3, 0.4) is 0 Å². The number of rotatable bonds is 5. The highest BCUT2D eigenvalue weighted by atomic mass is 16.5. The van der Waals surface area contributed by atoms with Crippen LogP contribution in [0.4, 0.5) is 0 Å². The predicted molar refractivity (Wildman–Crippen MR) is 70.6 cm³/mol. The molecule has 1 aromatic heterocycles. The minimum absolute atomic E-state index is 0.0698. The van der Waals surface area contributed by atoms with Gasteiger partial charge in [0.1, 0.15) is 18.1 Å². The van der Waals surface area contributed by atoms with Gasteiger partial charge in [0, 0.05) is 5.56 Å². The van der Waals surface area contributed by atoms with E-state index < -0.39 is 5.97 Å². The van der Waals surface area contributed by atoms with Crippen molar-refractivity contribution in [3.8, 4) is 17.2 Å². The van der Waals surface area contributed by atoms with Crippen molar-refractivity contribution >= 4 is 5.97 Å². The van der Waals surface area contributed by atoms with Crippen molar-refractivity contribution in [1.29, 1.82) is 0 Å². The molecule has 0 atom stereocenters. The Morgan fingerprint density at radius 3 is 2.95 bits per heavy atom. The number of methoxy groups -OCH3 is 1. The van der Waals surface area contributed by atoms with Crippen LogP contribution >= 0.6 is 0 Å². The zero-order valence-corrected chi connectivity index (χ0v) is 11.3. The normalized spacial score (nSPS) is 10.3. The Bertz CT molecular complexity index is 605. The van der Waals surface area contributed by atoms with Crippen molar-refractivity contribution < 1.29 is 23.8 Å². The molecule has 1 aromatic carbocycles. The summed E-state index contributed by atoms with van der Waals surface area (Å²) in [5, 5.41) is 8.64. The molecule has 106 valence electrons. The van der Waals surface area contributed by atoms with Crippen LogP contribution in [0.25, 0.3) is 11.5 Å². The second-order valence-corrected chi connectivity index (χ2v) is 4.02. The van der Waals surface area contributed by atoms with Crippen LogP contribution < -0.4 is 4.74 Å². The summed E-state index contributed by atoms with van der Waals surface area (Å²) in [5.41, 5.74) is 0.810. The summed E-state index contributed by atoms with van der Waals surface area (Å²) in [6.07, 6.45) is 0. The van der Waals surface area contributed by atoms with Crippen LogP contribution in [0.15, 0.2) is 28.7 Å². The van der Waals surface area contributed by atoms with Crippen LogP contribution in [0.2, 0.25) is 0 Å². The lowest BCUT2D eigenvalue weighted by Gasteiger charge is -2.00. The summed E-state index contributed by atoms with van der Waals surface area (Å²) in [4.78, 5) is 15.8. The van der Waals surface area contributed by atoms with E-state index in [9.17, 15) is 4.79 Å². The Balaban J connectivity index is 2.28. The molecule has 1 N–H and O–H groups in total. The minimum atomic E-state index is -0.616. The van der Waals surface area contributed by atoms with Crippen LogP contribution in [0, 0.1) is 6.92 Å². The minimum Gasteiger partial charge on any atom is -0.497 e. The van der Waals surface area contributed by atoms with E-state index in [-0.39, 0.29) is 18.9 Å². The number of hydrogen-bond donors (Lipinski definition) is 1. The van der Waals surface area contributed by atoms with Crippen molar-refractivity contribution in [2.75, 3.05) is 20.3 Å². The van der Waals surface area contributed by atoms with E-state index in [1.807, 2.05) is 0 Å². The van der Waals surface area contributed by atoms with Gasteiger partial charge in [-0.05, 0) is 25.1 Å². The fourth-order valence-corrected chi connectivity index (χ4v) is 1.67. The number of aromatic nitrogens is 1. The van der Waals surface area contributed by atoms with Gasteiger partial charge in [-0.2, -0.15) is 0 Å². The van der Waals surface area contributed by atoms with E-state index in [1.54, 1.807) is 38.3 Å². The lowest BCUT2D eigenvalue weighted by atomic mass is 10.2. The van der Waals surface area contributed by atoms with Gasteiger partial charge >= 0.3 is 5.97 Å². The summed E-state index contributed by atoms with van der Waals surface area (Å²) in [5.74, 6) is 0.736. The number of nitrogens with zero attached hydrogens (tertiary/aromatic N) is 1. The maximum absolute atomic E-state index is 11.7. The number of ether oxygens (including phenoxy) is 2. The summed E-state index contributed by atoms with van der Waals surface area (Å²) in [7, 11) is 1.57. The third kappa shape index (κ3) is 2.97. The molecule has 0 bridgehead atoms. The first-order valence-electron chi connectivity index (χ1n) is 6.05. The SMILES string of the molecule is COc1cccc(-c2nc(C(=O)OCCO)c(C)o2)c1. The average molecular weight is 277 g/mol. The van der Waals surface area contributed by atoms with Gasteiger partial charge in [-0.15, -0.1) is 0 Å². The molecular weight excluding hydrogens is 262 g/mol. The van der Waals surface area contributed by atoms with Crippen molar-refractivity contribution in [2.45, 2.75) is 6.92 Å². The molecule has 2 rings (SSSR count). The molecule has 0 aliphatic rings. The van der Waals surface area contributed by atoms with Crippen molar-refractivity contribution in [1.82, 2.24) is 4.98 Å². The van der Waals surface area contributed by atoms with Crippen molar-refractivity contribution in [3.05, 3.63) is 35.7 Å². The lowest BCUT2D eigenvalue weighted by Crippen LogP contribution is -2.10. The molecule has 2 aromatic rings. The van der Waals surface area contributed by atoms with Gasteiger partial charge in [0.05, 0.1) is 13.7 Å². The van der Waals surface area contributed by atoms with E-state index in [0.29, 0.717) is 23.0 Å². The number of benzene rings is 1. The Kier molecular flexibility index (Phi) is 4.37. The first kappa shape index (κ1) is 14.1. The van der Waals surface area contributed by atoms with E-state index in [4.69, 9.17) is 19.0 Å². The third-order valence-electron chi connectivity index (χ3n) is 2.63. The highest BCUT2D eigenvalue weighted by Crippen LogP contribution is 2.25. The number of hydrogen-bond acceptors (Lipinski definition) is 6. The zero-order chi connectivity index (χ0) is 14.5. The molecule has 6 nitrogen and oxygen atoms in total. The number of esters is 1. The molecule has 0 amide bonds. The van der Waals surface area contributed by atoms with Crippen molar-refractivity contribution in [2.24, 2.45) is 0 Å². The largest absolute Gasteiger partial charge is 0.497 e. The molecule has 0 saturated carbocycles. The Morgan fingerprint density at radius 1 is 1.45 bits per heavy atom. The second-order valence-electron chi connectivity index (χ2n) is 4.02. The summed E-state index contributed by atoms with van der Waals surface area (Å²) < 4.78 is 15.4. The average Bonchev–Trinajstić information content (AvgIpc) is 2.87. The molecule has 1 heterocycles. The molecule has 0 unspecified atom stereocenters. The topological polar surface area (TPSA) is 81.8 Å². The molecule has 20 heavy (non-hydrogen) atoms. The molecule has 0 radical (unpaired) electrons. The highest BCUT2D eigenvalue weighted by Gasteiger charge is 2.19. The molecule has 0 aliphatic carbocycles. The van der Waals surface area contributed by atoms with Crippen LogP contribution in [0.5, 0.6) is 5.75 Å². The van der Waals surface area contributed by atoms with Crippen molar-refractivity contribution in [3.63, 3.8) is 0 Å². The quantitative estimate of drug-likeness (QED) is 0.839. The highest BCUT2D eigenvalue weighted by molar-refractivity contribution is 5.88. The smallest absolute Gasteiger partial charge is 0.360 e. The van der Waals surface area contributed by atoms with Crippen LogP contribution in [-0.2, 0) is 4.74 Å². The second kappa shape index (κ2) is 6.21. The molecule has 0 spiro atoms. The Labute approximate surface area is 116 Å². The molecule has 0 saturated heterocycles. The first-order valence-corrected chi connectivity index (χ1v) is 6.05. The maximum atomic E-state index is 11.7. The Morgan fingerprint density at radius 2 is 2.25 bits per heavy atom. The number of oxazole rings is 1. The number of aliphatic hydroxyl groups excluding tert-OH is 1. The lowest BCUT2D eigenvalue weighted by molar-refractivity contribution is 0.0426. The molecule has 6 heteroatoms. The number of aryl methyl sites for hydroxylation is 1. The fourth-order valence-electron chi connectivity index (χ4n) is 1.67. The summed E-state index contributed by atoms with van der Waals surface area (Å²) >= 11 is 0. The van der Waals surface area contributed by atoms with Gasteiger partial charge in [0.25, 0.3) is 0 Å². The van der Waals surface area contributed by atoms with Gasteiger partial charge in [-0.1, -0.05) is 6.07 Å². The number of carbonyl (C=O) groups is 1. The van der Waals surface area contributed by atoms with Gasteiger partial charge in [0.15, 0.2) is 5.69 Å². The molecular formula is C14H15NO5. The fraction of sp³-hybridized carbons (Fsp3) is 0.286. The number of carbonyl (C=O) groups excluding carboxylic acids is 1. The molecule has 0 fully saturated rings. The number of aliphatic hydroxyl groups is 1. The van der Waals surface area contributed by atoms with E-state index in [0.717, 1.165) is 0 Å². The summed E-state index contributed by atoms with van der Waals surface area (Å²) in [6.45, 7) is 1.33. The summed E-state index contributed by atoms with van der Waals surface area (Å²) in [6, 6.07) is 7.16. The first-order chi connectivity index (χ1) is 9.65. The standard InChI is InChI=1S/C14H15NO5/c1-9-12(14(17)19-7-6-16)15-13(20-9)10-4-3-5-11(8-10)18-2/h3-5,8,16H,6-7H2,1-2H3. The monoisotopic (exact) mass is 277 g/mol. The maximum Gasteiger partial charge on any atom is 0.360 e. The Hall–Kier alpha value is -2.34. The zero-order valence-electron chi connectivity index (χ0n) is 11.3. The van der Waals surface area contributed by atoms with E-state index in [1.165, 1.54) is 0 Å². The van der Waals surface area contributed by atoms with E-state index in [2.05, 4.69) is 4.98 Å². The predicted octanol–water partition coefficient (Wildman–Crippen LogP) is 1.81. The third-order valence-corrected chi connectivity index (χ3v) is 2.63. The van der Waals surface area contributed by atoms with Gasteiger partial charge in [-0.3, -0.25) is 0 Å². The van der Waals surface area contributed by atoms with Gasteiger partial charge < -0.3 is 19.0 Å². The molecule has 0 aliphatic heterocycles. The van der Waals surface area contributed by atoms with Gasteiger partial charge in [-0.25, -0.2) is 9.78 Å². The van der Waals surface area contributed by atoms with Crippen LogP contribution in [0.1, 0.15) is 16.2 Å². The van der Waals surface area contributed by atoms with Crippen LogP contribution in [-0.4, -0.2) is 36.4 Å². The van der Waals surface area contributed by atoms with Gasteiger partial charge in [0.2, 0.25) is 5.89 Å².